The zero-order valence-corrected chi connectivity index (χ0v) is 21.4. The largest absolute Gasteiger partial charge is 0.385 e. The Hall–Kier alpha value is -1.88. The fraction of sp³-hybridized carbons (Fsp3) is 0.609. The van der Waals surface area contributed by atoms with Gasteiger partial charge in [-0.1, -0.05) is 25.0 Å². The second-order valence-electron chi connectivity index (χ2n) is 8.50. The van der Waals surface area contributed by atoms with Crippen LogP contribution in [0, 0.1) is 5.41 Å². The van der Waals surface area contributed by atoms with Gasteiger partial charge in [0.2, 0.25) is 5.91 Å². The molecule has 1 saturated heterocycles. The molecular formula is C23H36IN5O3. The van der Waals surface area contributed by atoms with Gasteiger partial charge < -0.3 is 25.6 Å². The Morgan fingerprint density at radius 3 is 2.56 bits per heavy atom. The Morgan fingerprint density at radius 1 is 1.22 bits per heavy atom. The van der Waals surface area contributed by atoms with Crippen molar-refractivity contribution in [1.29, 1.82) is 0 Å². The van der Waals surface area contributed by atoms with Crippen molar-refractivity contribution in [3.05, 3.63) is 35.4 Å². The predicted molar refractivity (Wildman–Crippen MR) is 136 cm³/mol. The number of amides is 2. The number of piperazine rings is 1. The third-order valence-corrected chi connectivity index (χ3v) is 6.34. The molecule has 0 atom stereocenters. The summed E-state index contributed by atoms with van der Waals surface area (Å²) in [4.78, 5) is 30.0. The van der Waals surface area contributed by atoms with E-state index in [0.717, 1.165) is 31.1 Å². The Balaban J connectivity index is 0.00000363. The lowest BCUT2D eigenvalue weighted by Gasteiger charge is -2.30. The van der Waals surface area contributed by atoms with E-state index < -0.39 is 0 Å². The molecule has 1 aromatic carbocycles. The molecule has 32 heavy (non-hydrogen) atoms. The highest BCUT2D eigenvalue weighted by atomic mass is 127. The Labute approximate surface area is 208 Å². The lowest BCUT2D eigenvalue weighted by Crippen LogP contribution is -2.49. The molecule has 1 aliphatic heterocycles. The van der Waals surface area contributed by atoms with Crippen molar-refractivity contribution in [2.45, 2.75) is 38.6 Å². The maximum atomic E-state index is 12.6. The molecule has 0 spiro atoms. The van der Waals surface area contributed by atoms with Gasteiger partial charge in [-0.05, 0) is 42.4 Å². The van der Waals surface area contributed by atoms with Crippen molar-refractivity contribution in [1.82, 2.24) is 20.9 Å². The lowest BCUT2D eigenvalue weighted by molar-refractivity contribution is -0.123. The smallest absolute Gasteiger partial charge is 0.254 e. The van der Waals surface area contributed by atoms with Gasteiger partial charge in [-0.2, -0.15) is 0 Å². The van der Waals surface area contributed by atoms with E-state index in [1.165, 1.54) is 25.7 Å². The molecule has 0 unspecified atom stereocenters. The molecule has 8 nitrogen and oxygen atoms in total. The van der Waals surface area contributed by atoms with E-state index in [0.29, 0.717) is 30.6 Å². The molecule has 9 heteroatoms. The van der Waals surface area contributed by atoms with Crippen LogP contribution in [0.15, 0.2) is 29.3 Å². The van der Waals surface area contributed by atoms with Gasteiger partial charge in [-0.15, -0.1) is 24.0 Å². The van der Waals surface area contributed by atoms with E-state index in [4.69, 9.17) is 4.74 Å². The van der Waals surface area contributed by atoms with E-state index in [1.54, 1.807) is 19.1 Å². The third kappa shape index (κ3) is 7.33. The van der Waals surface area contributed by atoms with Crippen LogP contribution in [0.2, 0.25) is 0 Å². The third-order valence-electron chi connectivity index (χ3n) is 6.34. The van der Waals surface area contributed by atoms with Crippen LogP contribution in [-0.2, 0) is 16.1 Å². The summed E-state index contributed by atoms with van der Waals surface area (Å²) in [5.74, 6) is 0.564. The predicted octanol–water partition coefficient (Wildman–Crippen LogP) is 2.14. The molecule has 3 N–H and O–H groups in total. The first-order valence-electron chi connectivity index (χ1n) is 11.1. The van der Waals surface area contributed by atoms with E-state index in [-0.39, 0.29) is 42.3 Å². The summed E-state index contributed by atoms with van der Waals surface area (Å²) in [6.45, 7) is 3.47. The average molecular weight is 557 g/mol. The van der Waals surface area contributed by atoms with Gasteiger partial charge >= 0.3 is 0 Å². The van der Waals surface area contributed by atoms with E-state index in [1.807, 2.05) is 24.3 Å². The van der Waals surface area contributed by atoms with Gasteiger partial charge in [-0.25, -0.2) is 0 Å². The van der Waals surface area contributed by atoms with Gasteiger partial charge in [-0.3, -0.25) is 14.6 Å². The fourth-order valence-electron chi connectivity index (χ4n) is 4.40. The number of carbonyl (C=O) groups excluding carboxylic acids is 2. The van der Waals surface area contributed by atoms with E-state index in [2.05, 4.69) is 20.9 Å². The van der Waals surface area contributed by atoms with Crippen molar-refractivity contribution in [2.75, 3.05) is 46.9 Å². The molecule has 2 aliphatic rings. The normalized spacial score (nSPS) is 18.0. The van der Waals surface area contributed by atoms with Gasteiger partial charge in [0, 0.05) is 52.5 Å². The van der Waals surface area contributed by atoms with Gasteiger partial charge in [0.1, 0.15) is 0 Å². The maximum absolute atomic E-state index is 12.6. The number of nitrogens with one attached hydrogen (secondary N) is 3. The maximum Gasteiger partial charge on any atom is 0.254 e. The van der Waals surface area contributed by atoms with Crippen molar-refractivity contribution in [2.24, 2.45) is 10.4 Å². The number of hydrogen-bond acceptors (Lipinski definition) is 4. The average Bonchev–Trinajstić information content (AvgIpc) is 3.27. The highest BCUT2D eigenvalue weighted by Crippen LogP contribution is 2.40. The minimum Gasteiger partial charge on any atom is -0.385 e. The number of ether oxygens (including phenoxy) is 1. The van der Waals surface area contributed by atoms with Crippen LogP contribution in [0.5, 0.6) is 0 Å². The van der Waals surface area contributed by atoms with Crippen LogP contribution in [0.3, 0.4) is 0 Å². The molecule has 1 aliphatic carbocycles. The molecule has 1 saturated carbocycles. The lowest BCUT2D eigenvalue weighted by atomic mass is 9.83. The molecule has 2 amide bonds. The van der Waals surface area contributed by atoms with Crippen LogP contribution in [0.4, 0.5) is 0 Å². The highest BCUT2D eigenvalue weighted by Gasteiger charge is 2.33. The number of carbonyl (C=O) groups is 2. The van der Waals surface area contributed by atoms with Crippen LogP contribution < -0.4 is 16.0 Å². The van der Waals surface area contributed by atoms with E-state index in [9.17, 15) is 9.59 Å². The highest BCUT2D eigenvalue weighted by molar-refractivity contribution is 14.0. The first-order valence-corrected chi connectivity index (χ1v) is 11.1. The van der Waals surface area contributed by atoms with Crippen LogP contribution in [-0.4, -0.2) is 69.6 Å². The molecule has 0 bridgehead atoms. The summed E-state index contributed by atoms with van der Waals surface area (Å²) in [6.07, 6.45) is 6.10. The fourth-order valence-corrected chi connectivity index (χ4v) is 4.40. The second kappa shape index (κ2) is 13.0. The molecule has 1 heterocycles. The molecular weight excluding hydrogens is 521 g/mol. The zero-order valence-electron chi connectivity index (χ0n) is 19.1. The molecule has 178 valence electrons. The van der Waals surface area contributed by atoms with Crippen molar-refractivity contribution >= 4 is 41.8 Å². The monoisotopic (exact) mass is 557 g/mol. The summed E-state index contributed by atoms with van der Waals surface area (Å²) in [5, 5.41) is 9.59. The molecule has 3 rings (SSSR count). The SMILES string of the molecule is CN=C(NCc1ccc(C(=O)N2CCNC(=O)C2)cc1)NCC1(CCOC)CCCC1.I. The van der Waals surface area contributed by atoms with Crippen molar-refractivity contribution < 1.29 is 14.3 Å². The number of halogens is 1. The number of guanidine groups is 1. The second-order valence-corrected chi connectivity index (χ2v) is 8.50. The van der Waals surface area contributed by atoms with Gasteiger partial charge in [0.05, 0.1) is 6.54 Å². The van der Waals surface area contributed by atoms with Gasteiger partial charge in [0.25, 0.3) is 5.91 Å². The number of rotatable bonds is 8. The van der Waals surface area contributed by atoms with Crippen molar-refractivity contribution in [3.8, 4) is 0 Å². The molecule has 0 aromatic heterocycles. The molecule has 2 fully saturated rings. The summed E-state index contributed by atoms with van der Waals surface area (Å²) >= 11 is 0. The van der Waals surface area contributed by atoms with Crippen LogP contribution in [0.25, 0.3) is 0 Å². The zero-order chi connectivity index (χ0) is 22.1. The molecule has 1 aromatic rings. The number of benzene rings is 1. The summed E-state index contributed by atoms with van der Waals surface area (Å²) in [5.41, 5.74) is 1.95. The number of nitrogens with zero attached hydrogens (tertiary/aromatic N) is 2. The summed E-state index contributed by atoms with van der Waals surface area (Å²) in [6, 6.07) is 7.52. The first kappa shape index (κ1) is 26.4. The topological polar surface area (TPSA) is 95.1 Å². The Bertz CT molecular complexity index is 778. The van der Waals surface area contributed by atoms with E-state index >= 15 is 0 Å². The van der Waals surface area contributed by atoms with Crippen LogP contribution in [0.1, 0.15) is 48.0 Å². The summed E-state index contributed by atoms with van der Waals surface area (Å²) in [7, 11) is 3.54. The van der Waals surface area contributed by atoms with Crippen LogP contribution >= 0.6 is 24.0 Å². The number of hydrogen-bond donors (Lipinski definition) is 3. The molecule has 0 radical (unpaired) electrons. The number of aliphatic imine (C=N–C) groups is 1. The summed E-state index contributed by atoms with van der Waals surface area (Å²) < 4.78 is 5.32. The quantitative estimate of drug-likeness (QED) is 0.259. The van der Waals surface area contributed by atoms with Gasteiger partial charge in [0.15, 0.2) is 5.96 Å². The Kier molecular flexibility index (Phi) is 10.7. The minimum atomic E-state index is -0.110. The standard InChI is InChI=1S/C23H35N5O3.HI/c1-24-22(27-17-23(11-14-31-2)9-3-4-10-23)26-15-18-5-7-19(8-6-18)21(30)28-13-12-25-20(29)16-28;/h5-8H,3-4,9-17H2,1-2H3,(H,25,29)(H2,24,26,27);1H. The number of methoxy groups -OCH3 is 1. The Morgan fingerprint density at radius 2 is 1.94 bits per heavy atom. The first-order chi connectivity index (χ1) is 15.0. The van der Waals surface area contributed by atoms with Crippen molar-refractivity contribution in [3.63, 3.8) is 0 Å². The minimum absolute atomic E-state index is 0.